The molecule has 140 valence electrons. The highest BCUT2D eigenvalue weighted by atomic mass is 32.2. The molecule has 0 unspecified atom stereocenters. The minimum atomic E-state index is -3.72. The van der Waals surface area contributed by atoms with Crippen molar-refractivity contribution in [3.8, 4) is 0 Å². The normalized spacial score (nSPS) is 18.6. The van der Waals surface area contributed by atoms with Gasteiger partial charge in [-0.1, -0.05) is 0 Å². The third kappa shape index (κ3) is 3.94. The summed E-state index contributed by atoms with van der Waals surface area (Å²) in [4.78, 5) is 16.4. The van der Waals surface area contributed by atoms with E-state index in [1.807, 2.05) is 6.92 Å². The molecule has 0 aliphatic carbocycles. The van der Waals surface area contributed by atoms with E-state index in [4.69, 9.17) is 0 Å². The van der Waals surface area contributed by atoms with Gasteiger partial charge in [-0.2, -0.15) is 4.31 Å². The van der Waals surface area contributed by atoms with Gasteiger partial charge in [0.25, 0.3) is 10.0 Å². The van der Waals surface area contributed by atoms with E-state index in [0.29, 0.717) is 31.6 Å². The Morgan fingerprint density at radius 1 is 1.35 bits per heavy atom. The molecule has 1 aliphatic rings. The zero-order valence-corrected chi connectivity index (χ0v) is 15.2. The summed E-state index contributed by atoms with van der Waals surface area (Å²) < 4.78 is 41.5. The Hall–Kier alpha value is -2.26. The quantitative estimate of drug-likeness (QED) is 0.861. The summed E-state index contributed by atoms with van der Waals surface area (Å²) in [6, 6.07) is 5.47. The number of nitrogens with one attached hydrogen (secondary N) is 1. The van der Waals surface area contributed by atoms with Gasteiger partial charge in [-0.25, -0.2) is 17.8 Å². The van der Waals surface area contributed by atoms with E-state index in [-0.39, 0.29) is 23.3 Å². The highest BCUT2D eigenvalue weighted by Crippen LogP contribution is 2.24. The highest BCUT2D eigenvalue weighted by Gasteiger charge is 2.34. The third-order valence-corrected chi connectivity index (χ3v) is 6.20. The van der Waals surface area contributed by atoms with Crippen LogP contribution in [0.3, 0.4) is 0 Å². The maximum absolute atomic E-state index is 13.0. The number of hydrogen-bond acceptors (Lipinski definition) is 4. The second kappa shape index (κ2) is 7.55. The first-order valence-corrected chi connectivity index (χ1v) is 9.92. The number of halogens is 1. The molecule has 26 heavy (non-hydrogen) atoms. The second-order valence-electron chi connectivity index (χ2n) is 6.24. The molecule has 1 aromatic heterocycles. The van der Waals surface area contributed by atoms with Crippen LogP contribution in [0.2, 0.25) is 0 Å². The second-order valence-corrected chi connectivity index (χ2v) is 8.13. The van der Waals surface area contributed by atoms with Crippen LogP contribution >= 0.6 is 0 Å². The minimum absolute atomic E-state index is 0.000979. The van der Waals surface area contributed by atoms with Crippen LogP contribution in [0, 0.1) is 11.7 Å². The molecular formula is C17H21FN4O3S. The number of aryl methyl sites for hydroxylation is 1. The maximum Gasteiger partial charge on any atom is 0.262 e. The highest BCUT2D eigenvalue weighted by molar-refractivity contribution is 7.89. The molecule has 0 spiro atoms. The average molecular weight is 380 g/mol. The number of anilines is 1. The largest absolute Gasteiger partial charge is 0.336 e. The molecule has 3 rings (SSSR count). The van der Waals surface area contributed by atoms with E-state index in [9.17, 15) is 17.6 Å². The predicted octanol–water partition coefficient (Wildman–Crippen LogP) is 2.08. The van der Waals surface area contributed by atoms with Crippen molar-refractivity contribution in [1.29, 1.82) is 0 Å². The van der Waals surface area contributed by atoms with Gasteiger partial charge in [0.2, 0.25) is 5.91 Å². The minimum Gasteiger partial charge on any atom is -0.336 e. The average Bonchev–Trinajstić information content (AvgIpc) is 3.14. The van der Waals surface area contributed by atoms with Crippen molar-refractivity contribution in [3.05, 3.63) is 42.6 Å². The lowest BCUT2D eigenvalue weighted by Crippen LogP contribution is -2.43. The molecule has 1 fully saturated rings. The molecule has 9 heteroatoms. The monoisotopic (exact) mass is 380 g/mol. The van der Waals surface area contributed by atoms with Gasteiger partial charge in [-0.15, -0.1) is 0 Å². The number of carbonyl (C=O) groups excluding carboxylic acids is 1. The fourth-order valence-corrected chi connectivity index (χ4v) is 4.39. The van der Waals surface area contributed by atoms with E-state index in [0.717, 1.165) is 0 Å². The van der Waals surface area contributed by atoms with Crippen molar-refractivity contribution in [2.24, 2.45) is 5.92 Å². The van der Waals surface area contributed by atoms with Crippen molar-refractivity contribution >= 4 is 21.6 Å². The van der Waals surface area contributed by atoms with Crippen LogP contribution in [-0.2, 0) is 21.4 Å². The zero-order chi connectivity index (χ0) is 18.7. The van der Waals surface area contributed by atoms with Crippen molar-refractivity contribution in [2.45, 2.75) is 31.3 Å². The third-order valence-electron chi connectivity index (χ3n) is 4.45. The number of hydrogen-bond donors (Lipinski definition) is 1. The summed E-state index contributed by atoms with van der Waals surface area (Å²) >= 11 is 0. The maximum atomic E-state index is 13.0. The molecule has 7 nitrogen and oxygen atoms in total. The Kier molecular flexibility index (Phi) is 5.38. The number of rotatable bonds is 5. The lowest BCUT2D eigenvalue weighted by Gasteiger charge is -2.30. The van der Waals surface area contributed by atoms with Crippen molar-refractivity contribution in [2.75, 3.05) is 18.4 Å². The van der Waals surface area contributed by atoms with E-state index in [2.05, 4.69) is 10.3 Å². The molecule has 1 saturated heterocycles. The fraction of sp³-hybridized carbons (Fsp3) is 0.412. The lowest BCUT2D eigenvalue weighted by molar-refractivity contribution is -0.120. The number of carbonyl (C=O) groups is 1. The van der Waals surface area contributed by atoms with Crippen LogP contribution in [0.5, 0.6) is 0 Å². The van der Waals surface area contributed by atoms with E-state index in [1.54, 1.807) is 4.57 Å². The number of amides is 1. The summed E-state index contributed by atoms with van der Waals surface area (Å²) in [5, 5.41) is 2.72. The number of piperidine rings is 1. The van der Waals surface area contributed by atoms with Gasteiger partial charge in [-0.05, 0) is 44.0 Å². The number of sulfonamides is 1. The number of aromatic nitrogens is 2. The van der Waals surface area contributed by atoms with Crippen LogP contribution in [-0.4, -0.2) is 41.3 Å². The van der Waals surface area contributed by atoms with Gasteiger partial charge in [0.05, 0.1) is 12.2 Å². The van der Waals surface area contributed by atoms with Crippen LogP contribution in [0.25, 0.3) is 0 Å². The molecule has 2 aromatic rings. The Balaban J connectivity index is 1.70. The van der Waals surface area contributed by atoms with Gasteiger partial charge in [-0.3, -0.25) is 4.79 Å². The molecular weight excluding hydrogens is 359 g/mol. The molecule has 1 N–H and O–H groups in total. The van der Waals surface area contributed by atoms with Gasteiger partial charge in [0, 0.05) is 31.5 Å². The summed E-state index contributed by atoms with van der Waals surface area (Å²) in [5.74, 6) is -1.11. The number of benzene rings is 1. The van der Waals surface area contributed by atoms with Gasteiger partial charge in [0.1, 0.15) is 5.82 Å². The van der Waals surface area contributed by atoms with Gasteiger partial charge < -0.3 is 9.88 Å². The summed E-state index contributed by atoms with van der Waals surface area (Å²) in [5.41, 5.74) is 0.484. The SMILES string of the molecule is CCn1cnc(S(=O)(=O)N2CCC[C@H](C(=O)Nc3ccc(F)cc3)C2)c1. The standard InChI is InChI=1S/C17H21FN4O3S/c1-2-21-11-16(19-12-21)26(24,25)22-9-3-4-13(10-22)17(23)20-15-7-5-14(18)6-8-15/h5-8,11-13H,2-4,9-10H2,1H3,(H,20,23)/t13-/m0/s1. The smallest absolute Gasteiger partial charge is 0.262 e. The molecule has 1 amide bonds. The van der Waals surface area contributed by atoms with Crippen molar-refractivity contribution < 1.29 is 17.6 Å². The van der Waals surface area contributed by atoms with E-state index < -0.39 is 15.9 Å². The summed E-state index contributed by atoms with van der Waals surface area (Å²) in [6.07, 6.45) is 4.17. The van der Waals surface area contributed by atoms with Crippen molar-refractivity contribution in [3.63, 3.8) is 0 Å². The van der Waals surface area contributed by atoms with E-state index >= 15 is 0 Å². The van der Waals surface area contributed by atoms with Gasteiger partial charge in [0.15, 0.2) is 5.03 Å². The molecule has 2 heterocycles. The Labute approximate surface area is 151 Å². The molecule has 0 radical (unpaired) electrons. The van der Waals surface area contributed by atoms with Crippen molar-refractivity contribution in [1.82, 2.24) is 13.9 Å². The Morgan fingerprint density at radius 2 is 2.08 bits per heavy atom. The molecule has 0 saturated carbocycles. The molecule has 1 atom stereocenters. The Bertz CT molecular complexity index is 880. The van der Waals surface area contributed by atoms with Crippen LogP contribution in [0.1, 0.15) is 19.8 Å². The Morgan fingerprint density at radius 3 is 2.73 bits per heavy atom. The van der Waals surface area contributed by atoms with E-state index in [1.165, 1.54) is 41.1 Å². The summed E-state index contributed by atoms with van der Waals surface area (Å²) in [7, 11) is -3.72. The first kappa shape index (κ1) is 18.5. The van der Waals surface area contributed by atoms with Crippen LogP contribution in [0.4, 0.5) is 10.1 Å². The fourth-order valence-electron chi connectivity index (χ4n) is 2.93. The first-order valence-electron chi connectivity index (χ1n) is 8.48. The number of nitrogens with zero attached hydrogens (tertiary/aromatic N) is 3. The number of imidazole rings is 1. The predicted molar refractivity (Wildman–Crippen MR) is 94.4 cm³/mol. The first-order chi connectivity index (χ1) is 12.4. The summed E-state index contributed by atoms with van der Waals surface area (Å²) in [6.45, 7) is 3.00. The zero-order valence-electron chi connectivity index (χ0n) is 14.4. The van der Waals surface area contributed by atoms with Crippen LogP contribution in [0.15, 0.2) is 41.8 Å². The molecule has 1 aromatic carbocycles. The van der Waals surface area contributed by atoms with Gasteiger partial charge >= 0.3 is 0 Å². The molecule has 0 bridgehead atoms. The topological polar surface area (TPSA) is 84.3 Å². The lowest BCUT2D eigenvalue weighted by atomic mass is 9.99. The molecule has 1 aliphatic heterocycles. The van der Waals surface area contributed by atoms with Crippen LogP contribution < -0.4 is 5.32 Å².